The van der Waals surface area contributed by atoms with E-state index in [2.05, 4.69) is 25.8 Å². The van der Waals surface area contributed by atoms with Crippen molar-refractivity contribution in [1.82, 2.24) is 9.80 Å². The van der Waals surface area contributed by atoms with Gasteiger partial charge in [0, 0.05) is 32.1 Å². The number of amides is 1. The largest absolute Gasteiger partial charge is 0.341 e. The molecule has 1 atom stereocenters. The molecule has 4 nitrogen and oxygen atoms in total. The van der Waals surface area contributed by atoms with Crippen LogP contribution < -0.4 is 5.73 Å². The summed E-state index contributed by atoms with van der Waals surface area (Å²) in [5.41, 5.74) is 5.57. The van der Waals surface area contributed by atoms with Crippen LogP contribution in [0.15, 0.2) is 0 Å². The van der Waals surface area contributed by atoms with Crippen LogP contribution in [0.1, 0.15) is 20.3 Å². The minimum atomic E-state index is 0.266. The van der Waals surface area contributed by atoms with Crippen LogP contribution in [0.2, 0.25) is 0 Å². The minimum absolute atomic E-state index is 0.266. The molecule has 1 amide bonds. The molecule has 88 valence electrons. The maximum Gasteiger partial charge on any atom is 0.223 e. The summed E-state index contributed by atoms with van der Waals surface area (Å²) < 4.78 is 0. The van der Waals surface area contributed by atoms with Crippen molar-refractivity contribution in [3.63, 3.8) is 0 Å². The molecule has 1 aliphatic heterocycles. The van der Waals surface area contributed by atoms with Gasteiger partial charge >= 0.3 is 0 Å². The van der Waals surface area contributed by atoms with Crippen molar-refractivity contribution in [2.24, 2.45) is 11.7 Å². The quantitative estimate of drug-likeness (QED) is 0.706. The maximum absolute atomic E-state index is 11.6. The average molecular weight is 213 g/mol. The average Bonchev–Trinajstić information content (AvgIpc) is 2.55. The second-order valence-corrected chi connectivity index (χ2v) is 4.72. The molecule has 0 aromatic carbocycles. The van der Waals surface area contributed by atoms with Crippen molar-refractivity contribution >= 4 is 5.91 Å². The van der Waals surface area contributed by atoms with Crippen LogP contribution in [-0.2, 0) is 4.79 Å². The van der Waals surface area contributed by atoms with Gasteiger partial charge in [-0.3, -0.25) is 4.79 Å². The van der Waals surface area contributed by atoms with Crippen LogP contribution in [-0.4, -0.2) is 55.0 Å². The third-order valence-electron chi connectivity index (χ3n) is 3.23. The molecule has 0 aromatic rings. The Hall–Kier alpha value is -0.610. The monoisotopic (exact) mass is 213 g/mol. The minimum Gasteiger partial charge on any atom is -0.341 e. The van der Waals surface area contributed by atoms with Crippen molar-refractivity contribution in [1.29, 1.82) is 0 Å². The normalized spacial score (nSPS) is 22.1. The molecule has 4 heteroatoms. The van der Waals surface area contributed by atoms with Crippen LogP contribution in [0, 0.1) is 5.92 Å². The summed E-state index contributed by atoms with van der Waals surface area (Å²) in [4.78, 5) is 15.8. The number of carbonyl (C=O) groups is 1. The smallest absolute Gasteiger partial charge is 0.223 e. The first-order valence-corrected chi connectivity index (χ1v) is 5.72. The molecule has 0 saturated carbocycles. The molecule has 15 heavy (non-hydrogen) atoms. The second kappa shape index (κ2) is 5.47. The SMILES string of the molecule is CC(C)N(C)CCN1CC(CN)CC1=O. The Bertz CT molecular complexity index is 218. The van der Waals surface area contributed by atoms with Crippen molar-refractivity contribution in [2.75, 3.05) is 33.2 Å². The van der Waals surface area contributed by atoms with Gasteiger partial charge in [0.15, 0.2) is 0 Å². The summed E-state index contributed by atoms with van der Waals surface area (Å²) in [5, 5.41) is 0. The van der Waals surface area contributed by atoms with Crippen molar-refractivity contribution in [3.8, 4) is 0 Å². The summed E-state index contributed by atoms with van der Waals surface area (Å²) >= 11 is 0. The van der Waals surface area contributed by atoms with Gasteiger partial charge < -0.3 is 15.5 Å². The summed E-state index contributed by atoms with van der Waals surface area (Å²) in [6.07, 6.45) is 0.641. The van der Waals surface area contributed by atoms with Gasteiger partial charge in [0.05, 0.1) is 0 Å². The van der Waals surface area contributed by atoms with Gasteiger partial charge in [-0.15, -0.1) is 0 Å². The standard InChI is InChI=1S/C11H23N3O/c1-9(2)13(3)4-5-14-8-10(7-12)6-11(14)15/h9-10H,4-8,12H2,1-3H3. The maximum atomic E-state index is 11.6. The van der Waals surface area contributed by atoms with Gasteiger partial charge in [-0.1, -0.05) is 0 Å². The van der Waals surface area contributed by atoms with E-state index in [4.69, 9.17) is 5.73 Å². The highest BCUT2D eigenvalue weighted by atomic mass is 16.2. The fourth-order valence-electron chi connectivity index (χ4n) is 1.76. The number of hydrogen-bond donors (Lipinski definition) is 1. The Morgan fingerprint density at radius 2 is 2.27 bits per heavy atom. The van der Waals surface area contributed by atoms with E-state index in [1.807, 2.05) is 4.90 Å². The molecule has 1 saturated heterocycles. The summed E-state index contributed by atoms with van der Waals surface area (Å²) in [6.45, 7) is 7.58. The summed E-state index contributed by atoms with van der Waals surface area (Å²) in [7, 11) is 2.09. The van der Waals surface area contributed by atoms with Crippen molar-refractivity contribution in [2.45, 2.75) is 26.3 Å². The number of nitrogens with zero attached hydrogens (tertiary/aromatic N) is 2. The molecule has 0 bridgehead atoms. The van der Waals surface area contributed by atoms with Gasteiger partial charge in [0.1, 0.15) is 0 Å². The Morgan fingerprint density at radius 3 is 2.73 bits per heavy atom. The Morgan fingerprint density at radius 1 is 1.60 bits per heavy atom. The molecular weight excluding hydrogens is 190 g/mol. The first kappa shape index (κ1) is 12.5. The number of rotatable bonds is 5. The molecule has 0 aliphatic carbocycles. The Kier molecular flexibility index (Phi) is 4.54. The number of likely N-dealkylation sites (N-methyl/N-ethyl adjacent to an activating group) is 1. The highest BCUT2D eigenvalue weighted by molar-refractivity contribution is 5.78. The molecule has 1 aliphatic rings. The lowest BCUT2D eigenvalue weighted by molar-refractivity contribution is -0.127. The van der Waals surface area contributed by atoms with Crippen LogP contribution in [0.4, 0.5) is 0 Å². The molecule has 0 radical (unpaired) electrons. The Labute approximate surface area is 92.4 Å². The van der Waals surface area contributed by atoms with Crippen LogP contribution in [0.3, 0.4) is 0 Å². The third-order valence-corrected chi connectivity index (χ3v) is 3.23. The van der Waals surface area contributed by atoms with Crippen molar-refractivity contribution < 1.29 is 4.79 Å². The molecule has 0 aromatic heterocycles. The first-order chi connectivity index (χ1) is 7.04. The Balaban J connectivity index is 2.30. The van der Waals surface area contributed by atoms with Gasteiger partial charge in [-0.05, 0) is 33.4 Å². The van der Waals surface area contributed by atoms with Crippen LogP contribution in [0.25, 0.3) is 0 Å². The zero-order valence-electron chi connectivity index (χ0n) is 10.1. The van der Waals surface area contributed by atoms with E-state index in [1.54, 1.807) is 0 Å². The zero-order valence-corrected chi connectivity index (χ0v) is 10.1. The van der Waals surface area contributed by atoms with Gasteiger partial charge in [-0.25, -0.2) is 0 Å². The van der Waals surface area contributed by atoms with E-state index in [-0.39, 0.29) is 5.91 Å². The van der Waals surface area contributed by atoms with Crippen LogP contribution >= 0.6 is 0 Å². The molecule has 1 unspecified atom stereocenters. The van der Waals surface area contributed by atoms with E-state index in [0.717, 1.165) is 19.6 Å². The fourth-order valence-corrected chi connectivity index (χ4v) is 1.76. The first-order valence-electron chi connectivity index (χ1n) is 5.72. The van der Waals surface area contributed by atoms with E-state index >= 15 is 0 Å². The number of carbonyl (C=O) groups excluding carboxylic acids is 1. The molecule has 0 spiro atoms. The molecule has 1 fully saturated rings. The number of hydrogen-bond acceptors (Lipinski definition) is 3. The van der Waals surface area contributed by atoms with E-state index in [1.165, 1.54) is 0 Å². The third kappa shape index (κ3) is 3.47. The lowest BCUT2D eigenvalue weighted by Crippen LogP contribution is -2.37. The zero-order chi connectivity index (χ0) is 11.4. The van der Waals surface area contributed by atoms with Gasteiger partial charge in [0.2, 0.25) is 5.91 Å². The van der Waals surface area contributed by atoms with Gasteiger partial charge in [-0.2, -0.15) is 0 Å². The van der Waals surface area contributed by atoms with Crippen LogP contribution in [0.5, 0.6) is 0 Å². The lowest BCUT2D eigenvalue weighted by atomic mass is 10.1. The fraction of sp³-hybridized carbons (Fsp3) is 0.909. The summed E-state index contributed by atoms with van der Waals surface area (Å²) in [5.74, 6) is 0.643. The molecule has 1 rings (SSSR count). The molecular formula is C11H23N3O. The summed E-state index contributed by atoms with van der Waals surface area (Å²) in [6, 6.07) is 0.535. The van der Waals surface area contributed by atoms with Gasteiger partial charge in [0.25, 0.3) is 0 Å². The number of likely N-dealkylation sites (tertiary alicyclic amines) is 1. The second-order valence-electron chi connectivity index (χ2n) is 4.72. The van der Waals surface area contributed by atoms with E-state index in [9.17, 15) is 4.79 Å². The molecule has 1 heterocycles. The molecule has 2 N–H and O–H groups in total. The highest BCUT2D eigenvalue weighted by Crippen LogP contribution is 2.15. The predicted octanol–water partition coefficient (Wildman–Crippen LogP) is 0.134. The predicted molar refractivity (Wildman–Crippen MR) is 61.5 cm³/mol. The van der Waals surface area contributed by atoms with E-state index in [0.29, 0.717) is 24.9 Å². The number of nitrogens with two attached hydrogens (primary N) is 1. The highest BCUT2D eigenvalue weighted by Gasteiger charge is 2.28. The lowest BCUT2D eigenvalue weighted by Gasteiger charge is -2.24. The topological polar surface area (TPSA) is 49.6 Å². The van der Waals surface area contributed by atoms with E-state index < -0.39 is 0 Å². The van der Waals surface area contributed by atoms with Crippen molar-refractivity contribution in [3.05, 3.63) is 0 Å².